The maximum absolute atomic E-state index is 13.0. The number of likely N-dealkylation sites (tertiary alicyclic amines) is 1. The van der Waals surface area contributed by atoms with Gasteiger partial charge in [0.2, 0.25) is 5.82 Å². The van der Waals surface area contributed by atoms with Gasteiger partial charge in [0, 0.05) is 29.7 Å². The summed E-state index contributed by atoms with van der Waals surface area (Å²) in [6.45, 7) is 1.32. The Balaban J connectivity index is 1.65. The van der Waals surface area contributed by atoms with Crippen LogP contribution in [0.25, 0.3) is 22.8 Å². The summed E-state index contributed by atoms with van der Waals surface area (Å²) in [5.74, 6) is 0.696. The summed E-state index contributed by atoms with van der Waals surface area (Å²) in [5.41, 5.74) is 7.87. The molecule has 1 aliphatic heterocycles. The highest BCUT2D eigenvalue weighted by Gasteiger charge is 2.25. The number of nitrogens with zero attached hydrogens (tertiary/aromatic N) is 3. The highest BCUT2D eigenvalue weighted by Crippen LogP contribution is 2.27. The van der Waals surface area contributed by atoms with E-state index in [2.05, 4.69) is 10.1 Å². The molecular formula is C20H19ClN4O2. The van der Waals surface area contributed by atoms with Gasteiger partial charge >= 0.3 is 0 Å². The molecule has 3 aromatic rings. The molecule has 0 atom stereocenters. The zero-order valence-electron chi connectivity index (χ0n) is 14.6. The van der Waals surface area contributed by atoms with Gasteiger partial charge in [0.15, 0.2) is 0 Å². The Hall–Kier alpha value is -2.70. The monoisotopic (exact) mass is 382 g/mol. The third-order valence-electron chi connectivity index (χ3n) is 4.72. The van der Waals surface area contributed by atoms with Gasteiger partial charge in [0.1, 0.15) is 0 Å². The number of carbonyl (C=O) groups is 1. The fourth-order valence-electron chi connectivity index (χ4n) is 3.21. The van der Waals surface area contributed by atoms with E-state index in [0.717, 1.165) is 18.4 Å². The molecule has 0 spiro atoms. The number of halogens is 1. The predicted octanol–water partition coefficient (Wildman–Crippen LogP) is 3.62. The second-order valence-electron chi connectivity index (χ2n) is 6.61. The van der Waals surface area contributed by atoms with Gasteiger partial charge in [0.25, 0.3) is 11.8 Å². The molecule has 2 aromatic carbocycles. The van der Waals surface area contributed by atoms with E-state index in [1.165, 1.54) is 0 Å². The predicted molar refractivity (Wildman–Crippen MR) is 103 cm³/mol. The van der Waals surface area contributed by atoms with Gasteiger partial charge in [-0.2, -0.15) is 4.98 Å². The van der Waals surface area contributed by atoms with Crippen LogP contribution in [0.2, 0.25) is 5.02 Å². The van der Waals surface area contributed by atoms with Crippen molar-refractivity contribution >= 4 is 17.5 Å². The van der Waals surface area contributed by atoms with Gasteiger partial charge in [-0.25, -0.2) is 0 Å². The first-order valence-electron chi connectivity index (χ1n) is 8.86. The molecule has 27 heavy (non-hydrogen) atoms. The minimum absolute atomic E-state index is 0.0417. The Kier molecular flexibility index (Phi) is 4.92. The van der Waals surface area contributed by atoms with Gasteiger partial charge in [-0.1, -0.05) is 41.0 Å². The maximum atomic E-state index is 13.0. The zero-order chi connectivity index (χ0) is 18.8. The third kappa shape index (κ3) is 3.72. The lowest BCUT2D eigenvalue weighted by molar-refractivity contribution is 0.0715. The molecule has 1 saturated heterocycles. The minimum atomic E-state index is -0.0417. The molecule has 1 fully saturated rings. The fraction of sp³-hybridized carbons (Fsp3) is 0.250. The van der Waals surface area contributed by atoms with Crippen molar-refractivity contribution in [3.63, 3.8) is 0 Å². The summed E-state index contributed by atoms with van der Waals surface area (Å²) in [4.78, 5) is 19.3. The lowest BCUT2D eigenvalue weighted by Gasteiger charge is -2.30. The van der Waals surface area contributed by atoms with E-state index in [1.54, 1.807) is 18.2 Å². The maximum Gasteiger partial charge on any atom is 0.259 e. The topological polar surface area (TPSA) is 85.2 Å². The first-order chi connectivity index (χ1) is 13.1. The number of rotatable bonds is 3. The van der Waals surface area contributed by atoms with E-state index < -0.39 is 0 Å². The smallest absolute Gasteiger partial charge is 0.259 e. The molecule has 2 heterocycles. The molecule has 6 nitrogen and oxygen atoms in total. The highest BCUT2D eigenvalue weighted by molar-refractivity contribution is 6.30. The van der Waals surface area contributed by atoms with Crippen LogP contribution in [0.15, 0.2) is 53.1 Å². The molecule has 138 valence electrons. The summed E-state index contributed by atoms with van der Waals surface area (Å²) in [7, 11) is 0. The van der Waals surface area contributed by atoms with Crippen molar-refractivity contribution in [1.82, 2.24) is 15.0 Å². The van der Waals surface area contributed by atoms with Gasteiger partial charge < -0.3 is 15.2 Å². The minimum Gasteiger partial charge on any atom is -0.339 e. The average Bonchev–Trinajstić information content (AvgIpc) is 3.18. The van der Waals surface area contributed by atoms with E-state index in [1.807, 2.05) is 35.2 Å². The van der Waals surface area contributed by atoms with Crippen molar-refractivity contribution < 1.29 is 9.32 Å². The molecule has 1 aromatic heterocycles. The lowest BCUT2D eigenvalue weighted by atomic mass is 10.0. The van der Waals surface area contributed by atoms with Crippen LogP contribution < -0.4 is 5.73 Å². The molecule has 0 radical (unpaired) electrons. The molecule has 0 bridgehead atoms. The van der Waals surface area contributed by atoms with Crippen molar-refractivity contribution in [2.75, 3.05) is 13.1 Å². The largest absolute Gasteiger partial charge is 0.339 e. The van der Waals surface area contributed by atoms with Crippen molar-refractivity contribution in [3.05, 3.63) is 59.1 Å². The molecule has 0 aliphatic carbocycles. The Bertz CT molecular complexity index is 964. The average molecular weight is 383 g/mol. The van der Waals surface area contributed by atoms with E-state index >= 15 is 0 Å². The standard InChI is InChI=1S/C20H19ClN4O2/c21-14-5-3-4-13(12-14)18-23-19(27-24-18)16-6-1-2-7-17(16)20(26)25-10-8-15(22)9-11-25/h1-7,12,15H,8-11,22H2. The summed E-state index contributed by atoms with van der Waals surface area (Å²) < 4.78 is 5.45. The number of carbonyl (C=O) groups excluding carboxylic acids is 1. The normalized spacial score (nSPS) is 15.1. The second kappa shape index (κ2) is 7.50. The zero-order valence-corrected chi connectivity index (χ0v) is 15.4. The molecule has 0 unspecified atom stereocenters. The van der Waals surface area contributed by atoms with E-state index in [9.17, 15) is 4.79 Å². The van der Waals surface area contributed by atoms with Gasteiger partial charge in [-0.05, 0) is 37.1 Å². The number of benzene rings is 2. The van der Waals surface area contributed by atoms with E-state index in [0.29, 0.717) is 41.0 Å². The van der Waals surface area contributed by atoms with Crippen molar-refractivity contribution in [2.24, 2.45) is 5.73 Å². The van der Waals surface area contributed by atoms with Crippen LogP contribution in [-0.4, -0.2) is 40.1 Å². The summed E-state index contributed by atoms with van der Waals surface area (Å²) >= 11 is 6.04. The molecule has 1 aliphatic rings. The van der Waals surface area contributed by atoms with Crippen molar-refractivity contribution in [1.29, 1.82) is 0 Å². The fourth-order valence-corrected chi connectivity index (χ4v) is 3.40. The van der Waals surface area contributed by atoms with Crippen LogP contribution in [0.5, 0.6) is 0 Å². The van der Waals surface area contributed by atoms with Crippen molar-refractivity contribution in [3.8, 4) is 22.8 Å². The van der Waals surface area contributed by atoms with Crippen LogP contribution in [-0.2, 0) is 0 Å². The van der Waals surface area contributed by atoms with Crippen LogP contribution in [0.1, 0.15) is 23.2 Å². The van der Waals surface area contributed by atoms with Gasteiger partial charge in [0.05, 0.1) is 11.1 Å². The van der Waals surface area contributed by atoms with E-state index in [4.69, 9.17) is 21.9 Å². The Morgan fingerprint density at radius 1 is 1.15 bits per heavy atom. The summed E-state index contributed by atoms with van der Waals surface area (Å²) in [6.07, 6.45) is 1.63. The number of amides is 1. The van der Waals surface area contributed by atoms with Crippen LogP contribution >= 0.6 is 11.6 Å². The number of aromatic nitrogens is 2. The van der Waals surface area contributed by atoms with Crippen molar-refractivity contribution in [2.45, 2.75) is 18.9 Å². The molecular weight excluding hydrogens is 364 g/mol. The number of hydrogen-bond donors (Lipinski definition) is 1. The Morgan fingerprint density at radius 3 is 2.70 bits per heavy atom. The Labute approximate surface area is 161 Å². The van der Waals surface area contributed by atoms with Crippen LogP contribution in [0.4, 0.5) is 0 Å². The first-order valence-corrected chi connectivity index (χ1v) is 9.23. The number of hydrogen-bond acceptors (Lipinski definition) is 5. The summed E-state index contributed by atoms with van der Waals surface area (Å²) in [6, 6.07) is 14.7. The number of nitrogens with two attached hydrogens (primary N) is 1. The van der Waals surface area contributed by atoms with Gasteiger partial charge in [-0.3, -0.25) is 4.79 Å². The molecule has 4 rings (SSSR count). The molecule has 2 N–H and O–H groups in total. The second-order valence-corrected chi connectivity index (χ2v) is 7.05. The molecule has 1 amide bonds. The van der Waals surface area contributed by atoms with Gasteiger partial charge in [-0.15, -0.1) is 0 Å². The third-order valence-corrected chi connectivity index (χ3v) is 4.96. The van der Waals surface area contributed by atoms with Crippen LogP contribution in [0, 0.1) is 0 Å². The number of piperidine rings is 1. The molecule has 0 saturated carbocycles. The summed E-state index contributed by atoms with van der Waals surface area (Å²) in [5, 5.41) is 4.64. The van der Waals surface area contributed by atoms with E-state index in [-0.39, 0.29) is 11.9 Å². The van der Waals surface area contributed by atoms with Crippen LogP contribution in [0.3, 0.4) is 0 Å². The first kappa shape index (κ1) is 17.7. The molecule has 7 heteroatoms. The highest BCUT2D eigenvalue weighted by atomic mass is 35.5. The lowest BCUT2D eigenvalue weighted by Crippen LogP contribution is -2.43. The SMILES string of the molecule is NC1CCN(C(=O)c2ccccc2-c2nc(-c3cccc(Cl)c3)no2)CC1. The quantitative estimate of drug-likeness (QED) is 0.747. The Morgan fingerprint density at radius 2 is 1.93 bits per heavy atom.